The summed E-state index contributed by atoms with van der Waals surface area (Å²) in [5.41, 5.74) is -2.07. The van der Waals surface area contributed by atoms with Gasteiger partial charge in [-0.1, -0.05) is 24.3 Å². The Bertz CT molecular complexity index is 1170. The number of benzene rings is 2. The highest BCUT2D eigenvalue weighted by molar-refractivity contribution is 5.91. The number of amides is 1. The molecule has 1 aromatic heterocycles. The summed E-state index contributed by atoms with van der Waals surface area (Å²) < 4.78 is 28.9. The third-order valence-corrected chi connectivity index (χ3v) is 4.42. The molecule has 0 aliphatic carbocycles. The average molecular weight is 400 g/mol. The molecule has 0 N–H and O–H groups in total. The number of hydrogen-bond acceptors (Lipinski definition) is 4. The standard InChI is InChI=1S/C20H18F2N4O3/c1-3-24(2)18(27)17-19(28)25(12-13-8-10-14(21)11-9-13)20(29)26(23-17)16-7-5-4-6-15(16)22/h4-11H,3,12H2,1-2H3. The quantitative estimate of drug-likeness (QED) is 0.655. The minimum absolute atomic E-state index is 0.196. The van der Waals surface area contributed by atoms with E-state index >= 15 is 0 Å². The largest absolute Gasteiger partial charge is 0.352 e. The summed E-state index contributed by atoms with van der Waals surface area (Å²) in [5.74, 6) is -1.91. The first kappa shape index (κ1) is 20.1. The smallest absolute Gasteiger partial charge is 0.340 e. The van der Waals surface area contributed by atoms with Gasteiger partial charge in [-0.2, -0.15) is 9.78 Å². The van der Waals surface area contributed by atoms with E-state index in [0.717, 1.165) is 10.6 Å². The van der Waals surface area contributed by atoms with E-state index in [0.29, 0.717) is 16.8 Å². The van der Waals surface area contributed by atoms with Gasteiger partial charge in [-0.3, -0.25) is 14.2 Å². The number of aromatic nitrogens is 3. The van der Waals surface area contributed by atoms with Crippen molar-refractivity contribution in [1.82, 2.24) is 19.2 Å². The van der Waals surface area contributed by atoms with Crippen LogP contribution in [-0.2, 0) is 6.54 Å². The maximum atomic E-state index is 14.3. The van der Waals surface area contributed by atoms with Crippen LogP contribution in [0.2, 0.25) is 0 Å². The zero-order valence-corrected chi connectivity index (χ0v) is 15.8. The lowest BCUT2D eigenvalue weighted by atomic mass is 10.2. The minimum Gasteiger partial charge on any atom is -0.340 e. The average Bonchev–Trinajstić information content (AvgIpc) is 2.72. The topological polar surface area (TPSA) is 77.2 Å². The van der Waals surface area contributed by atoms with Gasteiger partial charge in [0.2, 0.25) is 5.69 Å². The molecule has 0 unspecified atom stereocenters. The van der Waals surface area contributed by atoms with Gasteiger partial charge in [-0.25, -0.2) is 13.6 Å². The van der Waals surface area contributed by atoms with E-state index in [1.807, 2.05) is 0 Å². The first-order valence-corrected chi connectivity index (χ1v) is 8.82. The van der Waals surface area contributed by atoms with Crippen molar-refractivity contribution >= 4 is 5.91 Å². The van der Waals surface area contributed by atoms with E-state index in [-0.39, 0.29) is 12.2 Å². The highest BCUT2D eigenvalue weighted by Crippen LogP contribution is 2.10. The van der Waals surface area contributed by atoms with Crippen LogP contribution >= 0.6 is 0 Å². The summed E-state index contributed by atoms with van der Waals surface area (Å²) in [6, 6.07) is 10.6. The Hall–Kier alpha value is -3.62. The lowest BCUT2D eigenvalue weighted by molar-refractivity contribution is 0.0791. The number of hydrogen-bond donors (Lipinski definition) is 0. The fraction of sp³-hybridized carbons (Fsp3) is 0.200. The molecule has 2 aromatic carbocycles. The lowest BCUT2D eigenvalue weighted by Crippen LogP contribution is -2.46. The molecule has 1 amide bonds. The van der Waals surface area contributed by atoms with Gasteiger partial charge in [0.05, 0.1) is 6.54 Å². The third-order valence-electron chi connectivity index (χ3n) is 4.42. The summed E-state index contributed by atoms with van der Waals surface area (Å²) in [5, 5.41) is 3.87. The summed E-state index contributed by atoms with van der Waals surface area (Å²) >= 11 is 0. The summed E-state index contributed by atoms with van der Waals surface area (Å²) in [6.07, 6.45) is 0. The molecule has 0 spiro atoms. The van der Waals surface area contributed by atoms with Gasteiger partial charge < -0.3 is 4.90 Å². The number of carbonyl (C=O) groups is 1. The van der Waals surface area contributed by atoms with E-state index in [9.17, 15) is 23.2 Å². The van der Waals surface area contributed by atoms with Gasteiger partial charge in [-0.15, -0.1) is 0 Å². The fourth-order valence-electron chi connectivity index (χ4n) is 2.67. The molecule has 150 valence electrons. The van der Waals surface area contributed by atoms with Gasteiger partial charge in [0.1, 0.15) is 17.3 Å². The van der Waals surface area contributed by atoms with Crippen LogP contribution in [0.3, 0.4) is 0 Å². The Morgan fingerprint density at radius 2 is 1.72 bits per heavy atom. The Kier molecular flexibility index (Phi) is 5.67. The van der Waals surface area contributed by atoms with Crippen LogP contribution < -0.4 is 11.2 Å². The van der Waals surface area contributed by atoms with Gasteiger partial charge in [0.25, 0.3) is 11.5 Å². The molecular weight excluding hydrogens is 382 g/mol. The molecule has 0 saturated heterocycles. The van der Waals surface area contributed by atoms with Crippen LogP contribution in [0.4, 0.5) is 8.78 Å². The van der Waals surface area contributed by atoms with Crippen molar-refractivity contribution in [3.63, 3.8) is 0 Å². The SMILES string of the molecule is CCN(C)C(=O)c1nn(-c2ccccc2F)c(=O)n(Cc2ccc(F)cc2)c1=O. The van der Waals surface area contributed by atoms with Crippen LogP contribution in [0.25, 0.3) is 5.69 Å². The molecule has 0 aliphatic heterocycles. The van der Waals surface area contributed by atoms with E-state index in [2.05, 4.69) is 5.10 Å². The molecular formula is C20H18F2N4O3. The molecule has 0 bridgehead atoms. The highest BCUT2D eigenvalue weighted by Gasteiger charge is 2.23. The molecule has 0 saturated carbocycles. The Morgan fingerprint density at radius 1 is 1.07 bits per heavy atom. The lowest BCUT2D eigenvalue weighted by Gasteiger charge is -2.16. The maximum Gasteiger partial charge on any atom is 0.352 e. The molecule has 9 heteroatoms. The third kappa shape index (κ3) is 3.98. The summed E-state index contributed by atoms with van der Waals surface area (Å²) in [6.45, 7) is 1.78. The molecule has 7 nitrogen and oxygen atoms in total. The molecule has 3 rings (SSSR count). The van der Waals surface area contributed by atoms with Gasteiger partial charge >= 0.3 is 5.69 Å². The van der Waals surface area contributed by atoms with Gasteiger partial charge in [-0.05, 0) is 36.8 Å². The van der Waals surface area contributed by atoms with Crippen LogP contribution in [-0.4, -0.2) is 38.7 Å². The van der Waals surface area contributed by atoms with Crippen LogP contribution in [0.15, 0.2) is 58.1 Å². The van der Waals surface area contributed by atoms with Crippen molar-refractivity contribution in [3.05, 3.63) is 92.3 Å². The monoisotopic (exact) mass is 400 g/mol. The number of halogens is 2. The normalized spacial score (nSPS) is 10.8. The summed E-state index contributed by atoms with van der Waals surface area (Å²) in [4.78, 5) is 39.7. The number of para-hydroxylation sites is 1. The second kappa shape index (κ2) is 8.17. The van der Waals surface area contributed by atoms with E-state index < -0.39 is 34.5 Å². The van der Waals surface area contributed by atoms with E-state index in [4.69, 9.17) is 0 Å². The van der Waals surface area contributed by atoms with Crippen molar-refractivity contribution < 1.29 is 13.6 Å². The van der Waals surface area contributed by atoms with Crippen molar-refractivity contribution in [3.8, 4) is 5.69 Å². The number of rotatable bonds is 5. The first-order chi connectivity index (χ1) is 13.8. The zero-order valence-electron chi connectivity index (χ0n) is 15.8. The minimum atomic E-state index is -0.917. The van der Waals surface area contributed by atoms with Crippen molar-refractivity contribution in [2.24, 2.45) is 0 Å². The van der Waals surface area contributed by atoms with Crippen molar-refractivity contribution in [2.45, 2.75) is 13.5 Å². The summed E-state index contributed by atoms with van der Waals surface area (Å²) in [7, 11) is 1.48. The van der Waals surface area contributed by atoms with Crippen molar-refractivity contribution in [2.75, 3.05) is 13.6 Å². The zero-order chi connectivity index (χ0) is 21.1. The second-order valence-corrected chi connectivity index (χ2v) is 6.33. The predicted molar refractivity (Wildman–Crippen MR) is 102 cm³/mol. The highest BCUT2D eigenvalue weighted by atomic mass is 19.1. The number of nitrogens with zero attached hydrogens (tertiary/aromatic N) is 4. The second-order valence-electron chi connectivity index (χ2n) is 6.33. The maximum absolute atomic E-state index is 14.3. The Balaban J connectivity index is 2.26. The van der Waals surface area contributed by atoms with Crippen LogP contribution in [0.5, 0.6) is 0 Å². The van der Waals surface area contributed by atoms with Crippen LogP contribution in [0, 0.1) is 11.6 Å². The van der Waals surface area contributed by atoms with Crippen molar-refractivity contribution in [1.29, 1.82) is 0 Å². The number of carbonyl (C=O) groups excluding carboxylic acids is 1. The molecule has 0 atom stereocenters. The Morgan fingerprint density at radius 3 is 2.34 bits per heavy atom. The first-order valence-electron chi connectivity index (χ1n) is 8.82. The van der Waals surface area contributed by atoms with Gasteiger partial charge in [0, 0.05) is 13.6 Å². The molecule has 3 aromatic rings. The fourth-order valence-corrected chi connectivity index (χ4v) is 2.67. The molecule has 1 heterocycles. The molecule has 0 fully saturated rings. The van der Waals surface area contributed by atoms with Gasteiger partial charge in [0.15, 0.2) is 0 Å². The van der Waals surface area contributed by atoms with E-state index in [1.54, 1.807) is 6.92 Å². The van der Waals surface area contributed by atoms with Crippen LogP contribution in [0.1, 0.15) is 23.0 Å². The Labute approximate surface area is 164 Å². The predicted octanol–water partition coefficient (Wildman–Crippen LogP) is 1.81. The molecule has 0 radical (unpaired) electrons. The molecule has 0 aliphatic rings. The molecule has 29 heavy (non-hydrogen) atoms. The van der Waals surface area contributed by atoms with E-state index in [1.165, 1.54) is 54.4 Å².